The van der Waals surface area contributed by atoms with Gasteiger partial charge in [0, 0.05) is 19.0 Å². The molecule has 0 aromatic carbocycles. The van der Waals surface area contributed by atoms with Crippen LogP contribution in [0, 0.1) is 5.41 Å². The number of ether oxygens (including phenoxy) is 1. The molecular weight excluding hydrogens is 282 g/mol. The summed E-state index contributed by atoms with van der Waals surface area (Å²) in [7, 11) is -1.70. The molecule has 0 atom stereocenters. The maximum atomic E-state index is 11.4. The maximum Gasteiger partial charge on any atom is 0.213 e. The van der Waals surface area contributed by atoms with Crippen LogP contribution in [-0.2, 0) is 14.8 Å². The van der Waals surface area contributed by atoms with Crippen LogP contribution >= 0.6 is 15.9 Å². The van der Waals surface area contributed by atoms with Crippen molar-refractivity contribution in [1.82, 2.24) is 4.72 Å². The van der Waals surface area contributed by atoms with Gasteiger partial charge in [-0.25, -0.2) is 13.1 Å². The molecule has 92 valence electrons. The fourth-order valence-corrected chi connectivity index (χ4v) is 3.13. The molecule has 0 aliphatic carbocycles. The van der Waals surface area contributed by atoms with Crippen LogP contribution in [0.4, 0.5) is 0 Å². The first kappa shape index (κ1) is 15.3. The Morgan fingerprint density at radius 3 is 2.47 bits per heavy atom. The van der Waals surface area contributed by atoms with Gasteiger partial charge in [-0.3, -0.25) is 0 Å². The van der Waals surface area contributed by atoms with E-state index in [9.17, 15) is 8.42 Å². The molecule has 1 N–H and O–H groups in total. The summed E-state index contributed by atoms with van der Waals surface area (Å²) in [5.74, 6) is 0.0217. The van der Waals surface area contributed by atoms with E-state index >= 15 is 0 Å². The summed E-state index contributed by atoms with van der Waals surface area (Å²) in [6.45, 7) is 4.76. The van der Waals surface area contributed by atoms with Crippen molar-refractivity contribution in [2.75, 3.05) is 31.3 Å². The molecule has 0 radical (unpaired) electrons. The number of halogens is 1. The molecule has 0 aliphatic heterocycles. The van der Waals surface area contributed by atoms with Gasteiger partial charge in [0.05, 0.1) is 12.4 Å². The molecule has 0 saturated carbocycles. The van der Waals surface area contributed by atoms with E-state index in [-0.39, 0.29) is 17.8 Å². The predicted octanol–water partition coefficient (Wildman–Crippen LogP) is 1.36. The zero-order valence-electron chi connectivity index (χ0n) is 9.55. The number of sulfonamides is 1. The van der Waals surface area contributed by atoms with E-state index < -0.39 is 10.0 Å². The Bertz CT molecular complexity index is 265. The van der Waals surface area contributed by atoms with Crippen molar-refractivity contribution in [1.29, 1.82) is 0 Å². The molecule has 0 fully saturated rings. The third-order valence-corrected chi connectivity index (χ3v) is 3.78. The van der Waals surface area contributed by atoms with E-state index in [1.54, 1.807) is 0 Å². The molecule has 0 saturated heterocycles. The first-order chi connectivity index (χ1) is 6.83. The highest BCUT2D eigenvalue weighted by molar-refractivity contribution is 9.09. The molecule has 0 spiro atoms. The Balaban J connectivity index is 4.02. The van der Waals surface area contributed by atoms with Gasteiger partial charge in [-0.2, -0.15) is 0 Å². The van der Waals surface area contributed by atoms with E-state index in [4.69, 9.17) is 4.74 Å². The van der Waals surface area contributed by atoms with Crippen molar-refractivity contribution >= 4 is 26.0 Å². The number of hydrogen-bond acceptors (Lipinski definition) is 3. The minimum atomic E-state index is -3.19. The minimum Gasteiger partial charge on any atom is -0.384 e. The second-order valence-corrected chi connectivity index (χ2v) is 6.96. The topological polar surface area (TPSA) is 55.4 Å². The van der Waals surface area contributed by atoms with Gasteiger partial charge in [-0.05, 0) is 11.8 Å². The fraction of sp³-hybridized carbons (Fsp3) is 1.00. The van der Waals surface area contributed by atoms with Gasteiger partial charge in [0.1, 0.15) is 0 Å². The summed E-state index contributed by atoms with van der Waals surface area (Å²) in [4.78, 5) is 0. The SMILES string of the molecule is COCCS(=O)(=O)NCC(C)(C)CCBr. The summed E-state index contributed by atoms with van der Waals surface area (Å²) in [6.07, 6.45) is 0.930. The van der Waals surface area contributed by atoms with Gasteiger partial charge in [-0.15, -0.1) is 0 Å². The number of alkyl halides is 1. The molecular formula is C9H20BrNO3S. The first-order valence-corrected chi connectivity index (χ1v) is 7.62. The van der Waals surface area contributed by atoms with Crippen LogP contribution in [0.5, 0.6) is 0 Å². The van der Waals surface area contributed by atoms with Gasteiger partial charge in [0.25, 0.3) is 0 Å². The second kappa shape index (κ2) is 6.83. The monoisotopic (exact) mass is 301 g/mol. The van der Waals surface area contributed by atoms with Crippen molar-refractivity contribution in [2.24, 2.45) is 5.41 Å². The summed E-state index contributed by atoms with van der Waals surface area (Å²) in [5.41, 5.74) is -0.0242. The van der Waals surface area contributed by atoms with Crippen molar-refractivity contribution in [3.05, 3.63) is 0 Å². The summed E-state index contributed by atoms with van der Waals surface area (Å²) >= 11 is 3.35. The molecule has 4 nitrogen and oxygen atoms in total. The van der Waals surface area contributed by atoms with Crippen molar-refractivity contribution in [3.63, 3.8) is 0 Å². The molecule has 0 aromatic rings. The van der Waals surface area contributed by atoms with Crippen LogP contribution in [0.15, 0.2) is 0 Å². The van der Waals surface area contributed by atoms with Gasteiger partial charge in [0.2, 0.25) is 10.0 Å². The molecule has 0 rings (SSSR count). The highest BCUT2D eigenvalue weighted by Gasteiger charge is 2.20. The summed E-state index contributed by atoms with van der Waals surface area (Å²) in [5, 5.41) is 0.875. The Morgan fingerprint density at radius 1 is 1.40 bits per heavy atom. The molecule has 15 heavy (non-hydrogen) atoms. The molecule has 0 aliphatic rings. The fourth-order valence-electron chi connectivity index (χ4n) is 0.915. The molecule has 6 heteroatoms. The van der Waals surface area contributed by atoms with Crippen molar-refractivity contribution in [2.45, 2.75) is 20.3 Å². The van der Waals surface area contributed by atoms with Crippen LogP contribution in [0.3, 0.4) is 0 Å². The Kier molecular flexibility index (Phi) is 6.99. The molecule has 0 amide bonds. The lowest BCUT2D eigenvalue weighted by Crippen LogP contribution is -2.36. The van der Waals surface area contributed by atoms with Gasteiger partial charge < -0.3 is 4.74 Å². The first-order valence-electron chi connectivity index (χ1n) is 4.85. The van der Waals surface area contributed by atoms with E-state index in [0.29, 0.717) is 6.54 Å². The number of methoxy groups -OCH3 is 1. The number of rotatable bonds is 8. The number of nitrogens with one attached hydrogen (secondary N) is 1. The van der Waals surface area contributed by atoms with Crippen LogP contribution < -0.4 is 4.72 Å². The standard InChI is InChI=1S/C9H20BrNO3S/c1-9(2,4-5-10)8-11-15(12,13)7-6-14-3/h11H,4-8H2,1-3H3. The third-order valence-electron chi connectivity index (χ3n) is 2.10. The normalized spacial score (nSPS) is 13.1. The molecule has 0 unspecified atom stereocenters. The smallest absolute Gasteiger partial charge is 0.213 e. The number of hydrogen-bond donors (Lipinski definition) is 1. The van der Waals surface area contributed by atoms with Crippen molar-refractivity contribution in [3.8, 4) is 0 Å². The Labute approximate surface area is 101 Å². The van der Waals surface area contributed by atoms with E-state index in [1.807, 2.05) is 13.8 Å². The summed E-state index contributed by atoms with van der Waals surface area (Å²) in [6, 6.07) is 0. The average Bonchev–Trinajstić information content (AvgIpc) is 2.12. The molecule has 0 aromatic heterocycles. The minimum absolute atomic E-state index is 0.0217. The van der Waals surface area contributed by atoms with E-state index in [1.165, 1.54) is 7.11 Å². The summed E-state index contributed by atoms with van der Waals surface area (Å²) < 4.78 is 30.2. The zero-order valence-corrected chi connectivity index (χ0v) is 11.9. The van der Waals surface area contributed by atoms with Crippen LogP contribution in [0.25, 0.3) is 0 Å². The average molecular weight is 302 g/mol. The van der Waals surface area contributed by atoms with E-state index in [2.05, 4.69) is 20.7 Å². The Morgan fingerprint density at radius 2 is 2.00 bits per heavy atom. The van der Waals surface area contributed by atoms with Crippen LogP contribution in [0.1, 0.15) is 20.3 Å². The highest BCUT2D eigenvalue weighted by Crippen LogP contribution is 2.20. The van der Waals surface area contributed by atoms with Gasteiger partial charge in [0.15, 0.2) is 0 Å². The molecule has 0 heterocycles. The predicted molar refractivity (Wildman–Crippen MR) is 65.9 cm³/mol. The highest BCUT2D eigenvalue weighted by atomic mass is 79.9. The maximum absolute atomic E-state index is 11.4. The van der Waals surface area contributed by atoms with E-state index in [0.717, 1.165) is 11.8 Å². The lowest BCUT2D eigenvalue weighted by Gasteiger charge is -2.23. The molecule has 0 bridgehead atoms. The lowest BCUT2D eigenvalue weighted by molar-refractivity contribution is 0.216. The van der Waals surface area contributed by atoms with Gasteiger partial charge >= 0.3 is 0 Å². The van der Waals surface area contributed by atoms with Crippen molar-refractivity contribution < 1.29 is 13.2 Å². The lowest BCUT2D eigenvalue weighted by atomic mass is 9.91. The zero-order chi connectivity index (χ0) is 11.9. The Hall–Kier alpha value is 0.350. The van der Waals surface area contributed by atoms with Crippen LogP contribution in [0.2, 0.25) is 0 Å². The van der Waals surface area contributed by atoms with Gasteiger partial charge in [-0.1, -0.05) is 29.8 Å². The quantitative estimate of drug-likeness (QED) is 0.689. The third kappa shape index (κ3) is 8.19. The largest absolute Gasteiger partial charge is 0.384 e. The van der Waals surface area contributed by atoms with Crippen LogP contribution in [-0.4, -0.2) is 39.8 Å². The second-order valence-electron chi connectivity index (χ2n) is 4.24.